The van der Waals surface area contributed by atoms with Gasteiger partial charge in [0, 0.05) is 10.6 Å². The van der Waals surface area contributed by atoms with E-state index in [0.717, 1.165) is 17.3 Å². The smallest absolute Gasteiger partial charge is 0.161 e. The molecule has 2 N–H and O–H groups in total. The van der Waals surface area contributed by atoms with Gasteiger partial charge in [0.05, 0.1) is 11.8 Å². The SMILES string of the molecule is Cc1ccc(N)cc1SCc1nnnn1C1CC1. The van der Waals surface area contributed by atoms with E-state index in [1.165, 1.54) is 23.3 Å². The first kappa shape index (κ1) is 11.5. The van der Waals surface area contributed by atoms with Crippen LogP contribution in [0.5, 0.6) is 0 Å². The van der Waals surface area contributed by atoms with Crippen LogP contribution in [0.3, 0.4) is 0 Å². The summed E-state index contributed by atoms with van der Waals surface area (Å²) in [6.07, 6.45) is 2.39. The Balaban J connectivity index is 1.73. The summed E-state index contributed by atoms with van der Waals surface area (Å²) in [5.74, 6) is 1.73. The van der Waals surface area contributed by atoms with Crippen LogP contribution in [0.4, 0.5) is 5.69 Å². The van der Waals surface area contributed by atoms with Crippen molar-refractivity contribution in [2.75, 3.05) is 5.73 Å². The second-order valence-corrected chi connectivity index (χ2v) is 5.60. The summed E-state index contributed by atoms with van der Waals surface area (Å²) in [7, 11) is 0. The van der Waals surface area contributed by atoms with Crippen LogP contribution in [0, 0.1) is 6.92 Å². The molecule has 0 aliphatic heterocycles. The lowest BCUT2D eigenvalue weighted by atomic mass is 10.2. The molecule has 2 aromatic rings. The predicted molar refractivity (Wildman–Crippen MR) is 71.2 cm³/mol. The number of nitrogen functional groups attached to an aromatic ring is 1. The van der Waals surface area contributed by atoms with Crippen LogP contribution in [0.25, 0.3) is 0 Å². The molecule has 3 rings (SSSR count). The molecule has 0 unspecified atom stereocenters. The van der Waals surface area contributed by atoms with Crippen molar-refractivity contribution in [1.82, 2.24) is 20.2 Å². The number of hydrogen-bond acceptors (Lipinski definition) is 5. The highest BCUT2D eigenvalue weighted by molar-refractivity contribution is 7.98. The highest BCUT2D eigenvalue weighted by Gasteiger charge is 2.27. The number of hydrogen-bond donors (Lipinski definition) is 1. The lowest BCUT2D eigenvalue weighted by molar-refractivity contribution is 0.593. The number of benzene rings is 1. The lowest BCUT2D eigenvalue weighted by Crippen LogP contribution is -2.02. The molecule has 5 nitrogen and oxygen atoms in total. The monoisotopic (exact) mass is 261 g/mol. The highest BCUT2D eigenvalue weighted by Crippen LogP contribution is 2.35. The Morgan fingerprint density at radius 2 is 2.28 bits per heavy atom. The molecule has 1 aliphatic rings. The van der Waals surface area contributed by atoms with Gasteiger partial charge in [0.1, 0.15) is 0 Å². The quantitative estimate of drug-likeness (QED) is 0.675. The van der Waals surface area contributed by atoms with E-state index in [9.17, 15) is 0 Å². The van der Waals surface area contributed by atoms with Crippen molar-refractivity contribution in [1.29, 1.82) is 0 Å². The van der Waals surface area contributed by atoms with E-state index in [0.29, 0.717) is 6.04 Å². The minimum absolute atomic E-state index is 0.525. The predicted octanol–water partition coefficient (Wildman–Crippen LogP) is 2.19. The van der Waals surface area contributed by atoms with Crippen molar-refractivity contribution in [3.8, 4) is 0 Å². The number of anilines is 1. The summed E-state index contributed by atoms with van der Waals surface area (Å²) in [5.41, 5.74) is 7.84. The largest absolute Gasteiger partial charge is 0.399 e. The summed E-state index contributed by atoms with van der Waals surface area (Å²) in [4.78, 5) is 1.19. The van der Waals surface area contributed by atoms with Crippen LogP contribution >= 0.6 is 11.8 Å². The molecule has 94 valence electrons. The number of thioether (sulfide) groups is 1. The Bertz CT molecular complexity index is 561. The first-order chi connectivity index (χ1) is 8.74. The van der Waals surface area contributed by atoms with Gasteiger partial charge in [-0.1, -0.05) is 6.07 Å². The number of aromatic nitrogens is 4. The van der Waals surface area contributed by atoms with Gasteiger partial charge >= 0.3 is 0 Å². The molecule has 1 aromatic carbocycles. The second kappa shape index (κ2) is 4.61. The van der Waals surface area contributed by atoms with Crippen LogP contribution in [-0.4, -0.2) is 20.2 Å². The van der Waals surface area contributed by atoms with Crippen molar-refractivity contribution >= 4 is 17.4 Å². The van der Waals surface area contributed by atoms with E-state index in [4.69, 9.17) is 5.73 Å². The molecule has 0 radical (unpaired) electrons. The number of nitrogens with zero attached hydrogens (tertiary/aromatic N) is 4. The van der Waals surface area contributed by atoms with Crippen molar-refractivity contribution in [3.05, 3.63) is 29.6 Å². The zero-order chi connectivity index (χ0) is 12.5. The second-order valence-electron chi connectivity index (χ2n) is 4.58. The molecule has 0 atom stereocenters. The summed E-state index contributed by atoms with van der Waals surface area (Å²) in [6.45, 7) is 2.09. The third-order valence-corrected chi connectivity index (χ3v) is 4.18. The van der Waals surface area contributed by atoms with Gasteiger partial charge in [0.25, 0.3) is 0 Å². The summed E-state index contributed by atoms with van der Waals surface area (Å²) < 4.78 is 1.95. The molecular weight excluding hydrogens is 246 g/mol. The number of rotatable bonds is 4. The van der Waals surface area contributed by atoms with Gasteiger partial charge in [-0.05, 0) is 47.9 Å². The fraction of sp³-hybridized carbons (Fsp3) is 0.417. The average molecular weight is 261 g/mol. The average Bonchev–Trinajstić information content (AvgIpc) is 3.10. The van der Waals surface area contributed by atoms with E-state index in [1.54, 1.807) is 11.8 Å². The molecule has 1 aliphatic carbocycles. The Morgan fingerprint density at radius 3 is 3.06 bits per heavy atom. The first-order valence-electron chi connectivity index (χ1n) is 5.99. The van der Waals surface area contributed by atoms with Gasteiger partial charge < -0.3 is 5.73 Å². The molecule has 1 aromatic heterocycles. The fourth-order valence-electron chi connectivity index (χ4n) is 1.82. The molecule has 18 heavy (non-hydrogen) atoms. The summed E-state index contributed by atoms with van der Waals surface area (Å²) in [5, 5.41) is 11.9. The number of nitrogens with two attached hydrogens (primary N) is 1. The van der Waals surface area contributed by atoms with Crippen molar-refractivity contribution in [2.24, 2.45) is 0 Å². The van der Waals surface area contributed by atoms with Crippen molar-refractivity contribution < 1.29 is 0 Å². The van der Waals surface area contributed by atoms with Gasteiger partial charge in [-0.25, -0.2) is 4.68 Å². The highest BCUT2D eigenvalue weighted by atomic mass is 32.2. The summed E-state index contributed by atoms with van der Waals surface area (Å²) >= 11 is 1.73. The molecule has 1 saturated carbocycles. The normalized spacial score (nSPS) is 14.9. The third kappa shape index (κ3) is 2.33. The van der Waals surface area contributed by atoms with E-state index >= 15 is 0 Å². The Hall–Kier alpha value is -1.56. The van der Waals surface area contributed by atoms with Crippen LogP contribution in [-0.2, 0) is 5.75 Å². The maximum absolute atomic E-state index is 5.81. The zero-order valence-electron chi connectivity index (χ0n) is 10.2. The molecule has 1 fully saturated rings. The topological polar surface area (TPSA) is 69.6 Å². The Kier molecular flexibility index (Phi) is 2.95. The maximum Gasteiger partial charge on any atom is 0.161 e. The molecular formula is C12H15N5S. The van der Waals surface area contributed by atoms with Gasteiger partial charge in [-0.2, -0.15) is 0 Å². The Morgan fingerprint density at radius 1 is 1.44 bits per heavy atom. The molecule has 1 heterocycles. The van der Waals surface area contributed by atoms with Gasteiger partial charge in [0.2, 0.25) is 0 Å². The van der Waals surface area contributed by atoms with E-state index in [1.807, 2.05) is 22.9 Å². The van der Waals surface area contributed by atoms with Crippen LogP contribution in [0.15, 0.2) is 23.1 Å². The minimum atomic E-state index is 0.525. The zero-order valence-corrected chi connectivity index (χ0v) is 11.0. The minimum Gasteiger partial charge on any atom is -0.399 e. The molecule has 0 amide bonds. The summed E-state index contributed by atoms with van der Waals surface area (Å²) in [6, 6.07) is 6.50. The van der Waals surface area contributed by atoms with Crippen molar-refractivity contribution in [3.63, 3.8) is 0 Å². The van der Waals surface area contributed by atoms with Crippen LogP contribution in [0.2, 0.25) is 0 Å². The van der Waals surface area contributed by atoms with E-state index in [2.05, 4.69) is 22.4 Å². The number of aryl methyl sites for hydroxylation is 1. The van der Waals surface area contributed by atoms with E-state index in [-0.39, 0.29) is 0 Å². The Labute approximate surface area is 110 Å². The third-order valence-electron chi connectivity index (χ3n) is 3.02. The van der Waals surface area contributed by atoms with Gasteiger partial charge in [-0.3, -0.25) is 0 Å². The molecule has 0 spiro atoms. The van der Waals surface area contributed by atoms with Crippen LogP contribution < -0.4 is 5.73 Å². The van der Waals surface area contributed by atoms with Crippen molar-refractivity contribution in [2.45, 2.75) is 36.5 Å². The van der Waals surface area contributed by atoms with Crippen LogP contribution in [0.1, 0.15) is 30.3 Å². The van der Waals surface area contributed by atoms with Gasteiger partial charge in [0.15, 0.2) is 5.82 Å². The maximum atomic E-state index is 5.81. The molecule has 0 bridgehead atoms. The number of tetrazole rings is 1. The standard InChI is InChI=1S/C12H15N5S/c1-8-2-3-9(13)6-11(8)18-7-12-14-15-16-17(12)10-4-5-10/h2-3,6,10H,4-5,7,13H2,1H3. The lowest BCUT2D eigenvalue weighted by Gasteiger charge is -2.06. The molecule has 6 heteroatoms. The fourth-order valence-corrected chi connectivity index (χ4v) is 2.81. The van der Waals surface area contributed by atoms with Gasteiger partial charge in [-0.15, -0.1) is 16.9 Å². The molecule has 0 saturated heterocycles. The first-order valence-corrected chi connectivity index (χ1v) is 6.98. The van der Waals surface area contributed by atoms with E-state index < -0.39 is 0 Å².